The smallest absolute Gasteiger partial charge is 0.313 e. The molecule has 4 aliphatic rings. The molecule has 1 amide bonds. The number of carbonyl (C=O) groups excluding carboxylic acids is 2. The molecule has 2 unspecified atom stereocenters. The van der Waals surface area contributed by atoms with Crippen LogP contribution < -0.4 is 4.90 Å². The number of fused-ring (bicyclic) bond motifs is 1. The molecule has 0 radical (unpaired) electrons. The number of rotatable bonds is 3. The van der Waals surface area contributed by atoms with E-state index in [1.165, 1.54) is 22.3 Å². The van der Waals surface area contributed by atoms with Crippen LogP contribution in [-0.4, -0.2) is 24.5 Å². The summed E-state index contributed by atoms with van der Waals surface area (Å²) in [4.78, 5) is 29.2. The molecule has 1 fully saturated rings. The largest absolute Gasteiger partial charge is 0.451 e. The number of benzene rings is 3. The number of carbonyl (C=O) groups is 2. The SMILES string of the molecule is CC1(C)CN(c2ccccc2)C(=O)C1OC(=O)C1(C)CC2c3ccccc3C1c1ccccc12. The van der Waals surface area contributed by atoms with Crippen LogP contribution >= 0.6 is 0 Å². The van der Waals surface area contributed by atoms with E-state index < -0.39 is 16.9 Å². The highest BCUT2D eigenvalue weighted by molar-refractivity contribution is 6.01. The van der Waals surface area contributed by atoms with E-state index >= 15 is 0 Å². The summed E-state index contributed by atoms with van der Waals surface area (Å²) in [5.74, 6) is -0.340. The number of ether oxygens (including phenoxy) is 1. The van der Waals surface area contributed by atoms with Crippen molar-refractivity contribution in [3.05, 3.63) is 101 Å². The number of anilines is 1. The minimum Gasteiger partial charge on any atom is -0.451 e. The van der Waals surface area contributed by atoms with E-state index in [0.29, 0.717) is 13.0 Å². The Balaban J connectivity index is 1.35. The molecule has 0 spiro atoms. The highest BCUT2D eigenvalue weighted by Crippen LogP contribution is 2.61. The highest BCUT2D eigenvalue weighted by Gasteiger charge is 2.57. The van der Waals surface area contributed by atoms with Crippen molar-refractivity contribution < 1.29 is 14.3 Å². The topological polar surface area (TPSA) is 46.6 Å². The van der Waals surface area contributed by atoms with Gasteiger partial charge < -0.3 is 9.64 Å². The molecule has 0 saturated carbocycles. The Morgan fingerprint density at radius 1 is 0.824 bits per heavy atom. The standard InChI is InChI=1S/C30H29NO3/c1-29(2)18-31(19-11-5-4-6-12-19)27(32)26(29)34-28(33)30(3)17-24-20-13-7-9-15-22(20)25(30)23-16-10-8-14-21(23)24/h4-16,24-26H,17-18H2,1-3H3. The molecule has 3 aliphatic carbocycles. The summed E-state index contributed by atoms with van der Waals surface area (Å²) in [6.45, 7) is 6.56. The third kappa shape index (κ3) is 2.91. The molecule has 0 aromatic heterocycles. The number of hydrogen-bond acceptors (Lipinski definition) is 3. The van der Waals surface area contributed by atoms with Crippen molar-refractivity contribution in [3.8, 4) is 0 Å². The van der Waals surface area contributed by atoms with E-state index in [9.17, 15) is 9.59 Å². The number of amides is 1. The Morgan fingerprint density at radius 2 is 1.35 bits per heavy atom. The summed E-state index contributed by atoms with van der Waals surface area (Å²) in [6, 6.07) is 26.6. The van der Waals surface area contributed by atoms with Crippen molar-refractivity contribution in [2.24, 2.45) is 10.8 Å². The third-order valence-corrected chi connectivity index (χ3v) is 8.15. The van der Waals surface area contributed by atoms with Gasteiger partial charge in [-0.05, 0) is 47.7 Å². The fraction of sp³-hybridized carbons (Fsp3) is 0.333. The molecule has 3 aromatic carbocycles. The number of hydrogen-bond donors (Lipinski definition) is 0. The molecule has 172 valence electrons. The maximum atomic E-state index is 14.0. The van der Waals surface area contributed by atoms with Gasteiger partial charge in [-0.15, -0.1) is 0 Å². The van der Waals surface area contributed by atoms with Crippen molar-refractivity contribution in [3.63, 3.8) is 0 Å². The normalized spacial score (nSPS) is 28.4. The van der Waals surface area contributed by atoms with E-state index in [0.717, 1.165) is 5.69 Å². The fourth-order valence-electron chi connectivity index (χ4n) is 6.49. The Hall–Kier alpha value is -3.40. The van der Waals surface area contributed by atoms with Gasteiger partial charge in [-0.2, -0.15) is 0 Å². The quantitative estimate of drug-likeness (QED) is 0.483. The third-order valence-electron chi connectivity index (χ3n) is 8.15. The maximum absolute atomic E-state index is 14.0. The lowest BCUT2D eigenvalue weighted by atomic mass is 9.52. The molecular formula is C30H29NO3. The van der Waals surface area contributed by atoms with Crippen molar-refractivity contribution >= 4 is 17.6 Å². The lowest BCUT2D eigenvalue weighted by Gasteiger charge is -2.50. The summed E-state index contributed by atoms with van der Waals surface area (Å²) in [5.41, 5.74) is 4.66. The maximum Gasteiger partial charge on any atom is 0.313 e. The Morgan fingerprint density at radius 3 is 1.94 bits per heavy atom. The van der Waals surface area contributed by atoms with Crippen LogP contribution in [0, 0.1) is 10.8 Å². The number of para-hydroxylation sites is 1. The fourth-order valence-corrected chi connectivity index (χ4v) is 6.49. The van der Waals surface area contributed by atoms with Gasteiger partial charge in [0.1, 0.15) is 0 Å². The Bertz CT molecular complexity index is 1250. The van der Waals surface area contributed by atoms with E-state index in [1.807, 2.05) is 51.1 Å². The van der Waals surface area contributed by atoms with Crippen LogP contribution in [0.1, 0.15) is 61.3 Å². The van der Waals surface area contributed by atoms with Gasteiger partial charge in [0, 0.05) is 29.5 Å². The first-order valence-corrected chi connectivity index (χ1v) is 12.1. The zero-order chi connectivity index (χ0) is 23.7. The lowest BCUT2D eigenvalue weighted by Crippen LogP contribution is -2.48. The van der Waals surface area contributed by atoms with Gasteiger partial charge in [-0.3, -0.25) is 9.59 Å². The van der Waals surface area contributed by atoms with Crippen molar-refractivity contribution in [1.29, 1.82) is 0 Å². The van der Waals surface area contributed by atoms with Crippen LogP contribution in [0.15, 0.2) is 78.9 Å². The molecule has 4 heteroatoms. The van der Waals surface area contributed by atoms with Crippen LogP contribution in [0.25, 0.3) is 0 Å². The summed E-state index contributed by atoms with van der Waals surface area (Å²) in [6.07, 6.45) is -0.114. The van der Waals surface area contributed by atoms with E-state index in [4.69, 9.17) is 4.74 Å². The minimum atomic E-state index is -0.803. The average Bonchev–Trinajstić information content (AvgIpc) is 3.08. The zero-order valence-electron chi connectivity index (χ0n) is 19.8. The molecule has 3 aromatic rings. The molecule has 0 N–H and O–H groups in total. The molecule has 1 aliphatic heterocycles. The molecule has 2 bridgehead atoms. The second kappa shape index (κ2) is 7.30. The lowest BCUT2D eigenvalue weighted by molar-refractivity contribution is -0.170. The summed E-state index contributed by atoms with van der Waals surface area (Å²) < 4.78 is 6.19. The Labute approximate surface area is 200 Å². The molecule has 1 heterocycles. The van der Waals surface area contributed by atoms with E-state index in [-0.39, 0.29) is 23.7 Å². The van der Waals surface area contributed by atoms with Gasteiger partial charge in [0.05, 0.1) is 5.41 Å². The van der Waals surface area contributed by atoms with Gasteiger partial charge in [0.2, 0.25) is 0 Å². The highest BCUT2D eigenvalue weighted by atomic mass is 16.6. The number of nitrogens with zero attached hydrogens (tertiary/aromatic N) is 1. The Kier molecular flexibility index (Phi) is 4.54. The van der Waals surface area contributed by atoms with Crippen LogP contribution in [0.3, 0.4) is 0 Å². The first-order chi connectivity index (χ1) is 16.3. The number of esters is 1. The minimum absolute atomic E-state index is 0.0813. The monoisotopic (exact) mass is 451 g/mol. The van der Waals surface area contributed by atoms with Gasteiger partial charge in [0.25, 0.3) is 5.91 Å². The summed E-state index contributed by atoms with van der Waals surface area (Å²) >= 11 is 0. The van der Waals surface area contributed by atoms with Gasteiger partial charge >= 0.3 is 5.97 Å². The molecule has 2 atom stereocenters. The first-order valence-electron chi connectivity index (χ1n) is 12.1. The van der Waals surface area contributed by atoms with Crippen molar-refractivity contribution in [2.75, 3.05) is 11.4 Å². The zero-order valence-corrected chi connectivity index (χ0v) is 19.8. The van der Waals surface area contributed by atoms with Gasteiger partial charge in [-0.1, -0.05) is 80.6 Å². The average molecular weight is 452 g/mol. The molecule has 4 nitrogen and oxygen atoms in total. The van der Waals surface area contributed by atoms with E-state index in [1.54, 1.807) is 4.90 Å². The van der Waals surface area contributed by atoms with Gasteiger partial charge in [0.15, 0.2) is 6.10 Å². The predicted octanol–water partition coefficient (Wildman–Crippen LogP) is 5.66. The van der Waals surface area contributed by atoms with Crippen LogP contribution in [0.2, 0.25) is 0 Å². The molecule has 1 saturated heterocycles. The van der Waals surface area contributed by atoms with E-state index in [2.05, 4.69) is 48.5 Å². The second-order valence-corrected chi connectivity index (χ2v) is 10.9. The van der Waals surface area contributed by atoms with Gasteiger partial charge in [-0.25, -0.2) is 0 Å². The summed E-state index contributed by atoms with van der Waals surface area (Å²) in [5, 5.41) is 0. The van der Waals surface area contributed by atoms with Crippen LogP contribution in [-0.2, 0) is 14.3 Å². The predicted molar refractivity (Wildman–Crippen MR) is 132 cm³/mol. The second-order valence-electron chi connectivity index (χ2n) is 10.9. The molecule has 7 rings (SSSR count). The van der Waals surface area contributed by atoms with Crippen LogP contribution in [0.5, 0.6) is 0 Å². The first kappa shape index (κ1) is 21.2. The molecule has 34 heavy (non-hydrogen) atoms. The summed E-state index contributed by atoms with van der Waals surface area (Å²) in [7, 11) is 0. The van der Waals surface area contributed by atoms with Crippen molar-refractivity contribution in [2.45, 2.75) is 45.1 Å². The van der Waals surface area contributed by atoms with Crippen molar-refractivity contribution in [1.82, 2.24) is 0 Å². The molecular weight excluding hydrogens is 422 g/mol. The van der Waals surface area contributed by atoms with Crippen LogP contribution in [0.4, 0.5) is 5.69 Å².